The molecule has 0 aliphatic carbocycles. The minimum atomic E-state index is -0.542. The number of ether oxygens (including phenoxy) is 1. The second-order valence-electron chi connectivity index (χ2n) is 5.00. The number of hydrogen-bond donors (Lipinski definition) is 1. The largest absolute Gasteiger partial charge is 0.459 e. The summed E-state index contributed by atoms with van der Waals surface area (Å²) in [6, 6.07) is 8.84. The Hall–Kier alpha value is -2.76. The van der Waals surface area contributed by atoms with Gasteiger partial charge in [0.25, 0.3) is 5.91 Å². The van der Waals surface area contributed by atoms with Crippen molar-refractivity contribution >= 4 is 23.4 Å². The number of carbonyl (C=O) groups is 2. The summed E-state index contributed by atoms with van der Waals surface area (Å²) in [6.07, 6.45) is 2.73. The molecule has 0 unspecified atom stereocenters. The van der Waals surface area contributed by atoms with Crippen LogP contribution in [0.15, 0.2) is 41.0 Å². The second kappa shape index (κ2) is 5.93. The third-order valence-corrected chi connectivity index (χ3v) is 3.61. The molecule has 6 nitrogen and oxygen atoms in total. The van der Waals surface area contributed by atoms with Crippen LogP contribution in [-0.2, 0) is 11.2 Å². The molecule has 1 N–H and O–H groups in total. The number of amides is 2. The van der Waals surface area contributed by atoms with Gasteiger partial charge in [0.05, 0.1) is 13.4 Å². The second-order valence-corrected chi connectivity index (χ2v) is 5.00. The lowest BCUT2D eigenvalue weighted by Crippen LogP contribution is -2.35. The van der Waals surface area contributed by atoms with Gasteiger partial charge in [-0.15, -0.1) is 0 Å². The fraction of sp³-hybridized carbons (Fsp3) is 0.250. The smallest absolute Gasteiger partial charge is 0.411 e. The number of anilines is 2. The molecular formula is C16H16N2O4. The van der Waals surface area contributed by atoms with Gasteiger partial charge in [0.2, 0.25) is 0 Å². The van der Waals surface area contributed by atoms with Crippen molar-refractivity contribution in [3.63, 3.8) is 0 Å². The molecule has 0 radical (unpaired) electrons. The minimum absolute atomic E-state index is 0.179. The van der Waals surface area contributed by atoms with E-state index in [2.05, 4.69) is 10.1 Å². The number of carbonyl (C=O) groups excluding carboxylic acids is 2. The van der Waals surface area contributed by atoms with Gasteiger partial charge in [0.1, 0.15) is 0 Å². The lowest BCUT2D eigenvalue weighted by Gasteiger charge is -2.29. The Labute approximate surface area is 127 Å². The molecule has 1 aliphatic rings. The fourth-order valence-corrected chi connectivity index (χ4v) is 2.57. The summed E-state index contributed by atoms with van der Waals surface area (Å²) in [7, 11) is 1.31. The molecule has 1 aliphatic heterocycles. The van der Waals surface area contributed by atoms with E-state index in [1.54, 1.807) is 29.2 Å². The highest BCUT2D eigenvalue weighted by molar-refractivity contribution is 6.05. The first kappa shape index (κ1) is 14.2. The lowest BCUT2D eigenvalue weighted by molar-refractivity contribution is 0.0958. The van der Waals surface area contributed by atoms with Crippen molar-refractivity contribution in [3.8, 4) is 0 Å². The van der Waals surface area contributed by atoms with Gasteiger partial charge in [-0.3, -0.25) is 10.1 Å². The summed E-state index contributed by atoms with van der Waals surface area (Å²) in [5.41, 5.74) is 2.45. The van der Waals surface area contributed by atoms with E-state index in [4.69, 9.17) is 4.42 Å². The molecule has 2 aromatic rings. The Morgan fingerprint density at radius 3 is 2.91 bits per heavy atom. The molecule has 0 saturated carbocycles. The third kappa shape index (κ3) is 2.67. The molecule has 0 bridgehead atoms. The van der Waals surface area contributed by atoms with Crippen LogP contribution < -0.4 is 10.2 Å². The number of fused-ring (bicyclic) bond motifs is 1. The van der Waals surface area contributed by atoms with Crippen LogP contribution in [0.5, 0.6) is 0 Å². The zero-order chi connectivity index (χ0) is 15.5. The van der Waals surface area contributed by atoms with Gasteiger partial charge in [-0.1, -0.05) is 6.07 Å². The number of rotatable bonds is 2. The monoisotopic (exact) mass is 300 g/mol. The van der Waals surface area contributed by atoms with Crippen molar-refractivity contribution in [1.29, 1.82) is 0 Å². The molecule has 1 aromatic heterocycles. The van der Waals surface area contributed by atoms with Gasteiger partial charge in [-0.05, 0) is 42.7 Å². The number of nitrogens with zero attached hydrogens (tertiary/aromatic N) is 1. The van der Waals surface area contributed by atoms with Crippen LogP contribution in [0.25, 0.3) is 0 Å². The SMILES string of the molecule is COC(=O)Nc1ccc2c(c1)N(C(=O)c1ccco1)CCC2. The van der Waals surface area contributed by atoms with Crippen LogP contribution in [0.3, 0.4) is 0 Å². The molecule has 3 rings (SSSR count). The van der Waals surface area contributed by atoms with Crippen molar-refractivity contribution in [1.82, 2.24) is 0 Å². The van der Waals surface area contributed by atoms with Gasteiger partial charge in [0, 0.05) is 17.9 Å². The van der Waals surface area contributed by atoms with Crippen LogP contribution in [0.1, 0.15) is 22.5 Å². The number of aryl methyl sites for hydroxylation is 1. The highest BCUT2D eigenvalue weighted by atomic mass is 16.5. The molecule has 22 heavy (non-hydrogen) atoms. The van der Waals surface area contributed by atoms with Gasteiger partial charge < -0.3 is 14.1 Å². The molecular weight excluding hydrogens is 284 g/mol. The predicted octanol–water partition coefficient (Wildman–Crippen LogP) is 3.05. The molecule has 0 saturated heterocycles. The predicted molar refractivity (Wildman–Crippen MR) is 81.2 cm³/mol. The van der Waals surface area contributed by atoms with Gasteiger partial charge in [-0.2, -0.15) is 0 Å². The maximum atomic E-state index is 12.5. The highest BCUT2D eigenvalue weighted by Gasteiger charge is 2.25. The van der Waals surface area contributed by atoms with E-state index in [1.165, 1.54) is 13.4 Å². The Morgan fingerprint density at radius 2 is 2.18 bits per heavy atom. The van der Waals surface area contributed by atoms with Crippen molar-refractivity contribution < 1.29 is 18.7 Å². The Balaban J connectivity index is 1.92. The van der Waals surface area contributed by atoms with E-state index in [1.807, 2.05) is 6.07 Å². The number of furan rings is 1. The van der Waals surface area contributed by atoms with Crippen LogP contribution in [0.2, 0.25) is 0 Å². The van der Waals surface area contributed by atoms with Gasteiger partial charge in [-0.25, -0.2) is 4.79 Å². The third-order valence-electron chi connectivity index (χ3n) is 3.61. The normalized spacial score (nSPS) is 13.4. The number of hydrogen-bond acceptors (Lipinski definition) is 4. The summed E-state index contributed by atoms with van der Waals surface area (Å²) >= 11 is 0. The first-order valence-corrected chi connectivity index (χ1v) is 7.02. The Bertz CT molecular complexity index is 694. The van der Waals surface area contributed by atoms with E-state index in [0.29, 0.717) is 18.0 Å². The van der Waals surface area contributed by atoms with Gasteiger partial charge in [0.15, 0.2) is 5.76 Å². The van der Waals surface area contributed by atoms with Crippen LogP contribution in [-0.4, -0.2) is 25.7 Å². The molecule has 6 heteroatoms. The zero-order valence-electron chi connectivity index (χ0n) is 12.2. The first-order valence-electron chi connectivity index (χ1n) is 7.02. The molecule has 2 amide bonds. The maximum absolute atomic E-state index is 12.5. The summed E-state index contributed by atoms with van der Waals surface area (Å²) in [4.78, 5) is 25.5. The minimum Gasteiger partial charge on any atom is -0.459 e. The van der Waals surface area contributed by atoms with E-state index < -0.39 is 6.09 Å². The molecule has 2 heterocycles. The average Bonchev–Trinajstić information content (AvgIpc) is 3.08. The topological polar surface area (TPSA) is 71.8 Å². The van der Waals surface area contributed by atoms with E-state index >= 15 is 0 Å². The van der Waals surface area contributed by atoms with Crippen LogP contribution in [0.4, 0.5) is 16.2 Å². The number of nitrogens with one attached hydrogen (secondary N) is 1. The Morgan fingerprint density at radius 1 is 1.32 bits per heavy atom. The van der Waals surface area contributed by atoms with E-state index in [-0.39, 0.29) is 5.91 Å². The zero-order valence-corrected chi connectivity index (χ0v) is 12.2. The standard InChI is InChI=1S/C16H16N2O4/c1-21-16(20)17-12-7-6-11-4-2-8-18(13(11)10-12)15(19)14-5-3-9-22-14/h3,5-7,9-10H,2,4,8H2,1H3,(H,17,20). The molecule has 0 atom stereocenters. The average molecular weight is 300 g/mol. The van der Waals surface area contributed by atoms with Gasteiger partial charge >= 0.3 is 6.09 Å². The number of methoxy groups -OCH3 is 1. The molecule has 1 aromatic carbocycles. The van der Waals surface area contributed by atoms with E-state index in [0.717, 1.165) is 24.1 Å². The highest BCUT2D eigenvalue weighted by Crippen LogP contribution is 2.31. The van der Waals surface area contributed by atoms with Crippen molar-refractivity contribution in [2.45, 2.75) is 12.8 Å². The summed E-state index contributed by atoms with van der Waals surface area (Å²) in [6.45, 7) is 0.619. The fourth-order valence-electron chi connectivity index (χ4n) is 2.57. The van der Waals surface area contributed by atoms with Crippen molar-refractivity contribution in [3.05, 3.63) is 47.9 Å². The number of benzene rings is 1. The summed E-state index contributed by atoms with van der Waals surface area (Å²) in [5.74, 6) is 0.125. The quantitative estimate of drug-likeness (QED) is 0.925. The van der Waals surface area contributed by atoms with Crippen molar-refractivity contribution in [2.24, 2.45) is 0 Å². The van der Waals surface area contributed by atoms with Crippen molar-refractivity contribution in [2.75, 3.05) is 23.9 Å². The molecule has 114 valence electrons. The summed E-state index contributed by atoms with van der Waals surface area (Å²) < 4.78 is 9.78. The van der Waals surface area contributed by atoms with Crippen LogP contribution in [0, 0.1) is 0 Å². The van der Waals surface area contributed by atoms with E-state index in [9.17, 15) is 9.59 Å². The van der Waals surface area contributed by atoms with Crippen LogP contribution >= 0.6 is 0 Å². The maximum Gasteiger partial charge on any atom is 0.411 e. The Kier molecular flexibility index (Phi) is 3.82. The first-order chi connectivity index (χ1) is 10.7. The molecule has 0 fully saturated rings. The summed E-state index contributed by atoms with van der Waals surface area (Å²) in [5, 5.41) is 2.61. The molecule has 0 spiro atoms. The lowest BCUT2D eigenvalue weighted by atomic mass is 10.0.